The Labute approximate surface area is 176 Å². The maximum absolute atomic E-state index is 12.8. The number of carboxylic acid groups (broad SMARTS) is 1. The smallest absolute Gasteiger partial charge is 0.335 e. The first-order valence-electron chi connectivity index (χ1n) is 8.67. The number of carbonyl (C=O) groups excluding carboxylic acids is 2. The number of halogens is 1. The predicted octanol–water partition coefficient (Wildman–Crippen LogP) is 3.81. The molecule has 0 saturated carbocycles. The van der Waals surface area contributed by atoms with Crippen LogP contribution in [0.1, 0.15) is 22.3 Å². The van der Waals surface area contributed by atoms with Crippen molar-refractivity contribution in [2.45, 2.75) is 18.6 Å². The zero-order chi connectivity index (χ0) is 21.1. The molecule has 1 atom stereocenters. The van der Waals surface area contributed by atoms with Gasteiger partial charge in [-0.1, -0.05) is 29.4 Å². The van der Waals surface area contributed by atoms with E-state index < -0.39 is 11.2 Å². The molecule has 150 valence electrons. The number of aromatic carboxylic acids is 1. The minimum absolute atomic E-state index is 0.0273. The largest absolute Gasteiger partial charge is 0.478 e. The number of anilines is 2. The lowest BCUT2D eigenvalue weighted by molar-refractivity contribution is -0.121. The van der Waals surface area contributed by atoms with Gasteiger partial charge in [-0.15, -0.1) is 0 Å². The van der Waals surface area contributed by atoms with Crippen LogP contribution in [0.3, 0.4) is 0 Å². The first-order valence-corrected chi connectivity index (χ1v) is 9.92. The van der Waals surface area contributed by atoms with Gasteiger partial charge in [0.2, 0.25) is 11.8 Å². The first-order chi connectivity index (χ1) is 13.8. The molecule has 0 spiro atoms. The van der Waals surface area contributed by atoms with Crippen molar-refractivity contribution in [2.24, 2.45) is 4.99 Å². The number of hydrogen-bond acceptors (Lipinski definition) is 5. The lowest BCUT2D eigenvalue weighted by atomic mass is 10.2. The number of amides is 2. The van der Waals surface area contributed by atoms with Crippen molar-refractivity contribution < 1.29 is 19.5 Å². The Hall–Kier alpha value is -2.84. The van der Waals surface area contributed by atoms with Crippen molar-refractivity contribution in [1.82, 2.24) is 0 Å². The molecule has 0 radical (unpaired) electrons. The number of aliphatic imine (C=N–C) groups is 1. The van der Waals surface area contributed by atoms with Crippen molar-refractivity contribution in [2.75, 3.05) is 17.3 Å². The van der Waals surface area contributed by atoms with Crippen LogP contribution in [0.25, 0.3) is 0 Å². The van der Waals surface area contributed by atoms with Crippen LogP contribution in [0.2, 0.25) is 5.02 Å². The summed E-state index contributed by atoms with van der Waals surface area (Å²) in [5.41, 5.74) is 2.11. The maximum atomic E-state index is 12.8. The average molecular weight is 432 g/mol. The number of hydrogen-bond donors (Lipinski definition) is 2. The first kappa shape index (κ1) is 20.9. The molecule has 2 aromatic carbocycles. The molecule has 1 fully saturated rings. The monoisotopic (exact) mass is 431 g/mol. The molecule has 2 amide bonds. The number of carboxylic acids is 1. The second-order valence-corrected chi connectivity index (χ2v) is 7.95. The number of imide groups is 1. The van der Waals surface area contributed by atoms with Crippen molar-refractivity contribution >= 4 is 57.7 Å². The molecular formula is C20H18ClN3O4S. The van der Waals surface area contributed by atoms with Crippen LogP contribution in [0.5, 0.6) is 0 Å². The third-order valence-electron chi connectivity index (χ3n) is 4.36. The van der Waals surface area contributed by atoms with Crippen LogP contribution in [-0.4, -0.2) is 40.4 Å². The topological polar surface area (TPSA) is 99.1 Å². The highest BCUT2D eigenvalue weighted by Gasteiger charge is 2.40. The van der Waals surface area contributed by atoms with Gasteiger partial charge in [-0.05, 0) is 48.9 Å². The van der Waals surface area contributed by atoms with E-state index in [0.29, 0.717) is 15.9 Å². The highest BCUT2D eigenvalue weighted by molar-refractivity contribution is 8.15. The second kappa shape index (κ2) is 8.67. The van der Waals surface area contributed by atoms with Gasteiger partial charge in [-0.25, -0.2) is 9.69 Å². The lowest BCUT2D eigenvalue weighted by Gasteiger charge is -2.16. The van der Waals surface area contributed by atoms with Gasteiger partial charge in [0.1, 0.15) is 5.25 Å². The van der Waals surface area contributed by atoms with Crippen LogP contribution < -0.4 is 10.2 Å². The molecule has 1 aliphatic rings. The number of thioether (sulfide) groups is 1. The van der Waals surface area contributed by atoms with E-state index in [1.54, 1.807) is 13.1 Å². The standard InChI is InChI=1S/C20H18ClN3O4S/c1-11-3-6-13(9-15(11)21)23-20(22-2)29-16-10-17(25)24(18(16)26)14-7-4-12(5-8-14)19(27)28/h3-9,16H,10H2,1-2H3,(H,22,23)(H,27,28)/t16-/m0/s1. The molecule has 1 saturated heterocycles. The third-order valence-corrected chi connectivity index (χ3v) is 5.93. The van der Waals surface area contributed by atoms with E-state index in [1.165, 1.54) is 36.0 Å². The minimum atomic E-state index is -1.07. The number of nitrogens with zero attached hydrogens (tertiary/aromatic N) is 2. The molecule has 0 bridgehead atoms. The Kier molecular flexibility index (Phi) is 6.24. The van der Waals surface area contributed by atoms with E-state index in [9.17, 15) is 14.4 Å². The molecule has 9 heteroatoms. The van der Waals surface area contributed by atoms with Crippen LogP contribution in [0.4, 0.5) is 11.4 Å². The highest BCUT2D eigenvalue weighted by atomic mass is 35.5. The Morgan fingerprint density at radius 3 is 2.52 bits per heavy atom. The van der Waals surface area contributed by atoms with Gasteiger partial charge >= 0.3 is 5.97 Å². The number of carbonyl (C=O) groups is 3. The quantitative estimate of drug-likeness (QED) is 0.434. The van der Waals surface area contributed by atoms with E-state index in [-0.39, 0.29) is 23.8 Å². The van der Waals surface area contributed by atoms with Crippen molar-refractivity contribution in [1.29, 1.82) is 0 Å². The van der Waals surface area contributed by atoms with E-state index in [4.69, 9.17) is 16.7 Å². The zero-order valence-electron chi connectivity index (χ0n) is 15.7. The second-order valence-electron chi connectivity index (χ2n) is 6.35. The van der Waals surface area contributed by atoms with E-state index in [1.807, 2.05) is 19.1 Å². The molecule has 1 heterocycles. The number of amidine groups is 1. The summed E-state index contributed by atoms with van der Waals surface area (Å²) in [6.45, 7) is 1.90. The van der Waals surface area contributed by atoms with E-state index in [0.717, 1.165) is 16.2 Å². The summed E-state index contributed by atoms with van der Waals surface area (Å²) in [6, 6.07) is 11.1. The highest BCUT2D eigenvalue weighted by Crippen LogP contribution is 2.31. The molecule has 1 aliphatic heterocycles. The minimum Gasteiger partial charge on any atom is -0.478 e. The van der Waals surface area contributed by atoms with E-state index >= 15 is 0 Å². The van der Waals surface area contributed by atoms with Crippen LogP contribution in [0.15, 0.2) is 47.5 Å². The summed E-state index contributed by atoms with van der Waals surface area (Å²) in [7, 11) is 1.59. The lowest BCUT2D eigenvalue weighted by Crippen LogP contribution is -2.31. The summed E-state index contributed by atoms with van der Waals surface area (Å²) >= 11 is 7.31. The molecular weight excluding hydrogens is 414 g/mol. The fourth-order valence-electron chi connectivity index (χ4n) is 2.79. The van der Waals surface area contributed by atoms with Gasteiger partial charge in [0.05, 0.1) is 11.3 Å². The summed E-state index contributed by atoms with van der Waals surface area (Å²) < 4.78 is 0. The molecule has 0 aliphatic carbocycles. The normalized spacial score (nSPS) is 17.0. The predicted molar refractivity (Wildman–Crippen MR) is 115 cm³/mol. The van der Waals surface area contributed by atoms with Crippen molar-refractivity contribution in [3.63, 3.8) is 0 Å². The van der Waals surface area contributed by atoms with Gasteiger partial charge in [0.25, 0.3) is 0 Å². The number of aryl methyl sites for hydroxylation is 1. The average Bonchev–Trinajstić information content (AvgIpc) is 2.97. The molecule has 2 N–H and O–H groups in total. The van der Waals surface area contributed by atoms with Crippen LogP contribution in [-0.2, 0) is 9.59 Å². The molecule has 29 heavy (non-hydrogen) atoms. The summed E-state index contributed by atoms with van der Waals surface area (Å²) in [6.07, 6.45) is 0.0273. The van der Waals surface area contributed by atoms with Crippen LogP contribution in [0, 0.1) is 6.92 Å². The maximum Gasteiger partial charge on any atom is 0.335 e. The molecule has 2 aromatic rings. The van der Waals surface area contributed by atoms with Crippen molar-refractivity contribution in [3.8, 4) is 0 Å². The summed E-state index contributed by atoms with van der Waals surface area (Å²) in [5.74, 6) is -1.78. The van der Waals surface area contributed by atoms with Gasteiger partial charge < -0.3 is 10.4 Å². The molecule has 7 nitrogen and oxygen atoms in total. The fraction of sp³-hybridized carbons (Fsp3) is 0.200. The number of rotatable bonds is 4. The Morgan fingerprint density at radius 2 is 1.93 bits per heavy atom. The summed E-state index contributed by atoms with van der Waals surface area (Å²) in [5, 5.41) is 12.6. The molecule has 0 aromatic heterocycles. The number of nitrogens with one attached hydrogen (secondary N) is 1. The van der Waals surface area contributed by atoms with E-state index in [2.05, 4.69) is 10.3 Å². The SMILES string of the molecule is CN=C(Nc1ccc(C)c(Cl)c1)S[C@H]1CC(=O)N(c2ccc(C(=O)O)cc2)C1=O. The molecule has 3 rings (SSSR count). The molecule has 0 unspecified atom stereocenters. The van der Waals surface area contributed by atoms with Gasteiger partial charge in [-0.3, -0.25) is 14.6 Å². The number of benzene rings is 2. The Bertz CT molecular complexity index is 1010. The Morgan fingerprint density at radius 1 is 1.24 bits per heavy atom. The third kappa shape index (κ3) is 4.60. The zero-order valence-corrected chi connectivity index (χ0v) is 17.3. The van der Waals surface area contributed by atoms with Gasteiger partial charge in [-0.2, -0.15) is 0 Å². The van der Waals surface area contributed by atoms with Crippen LogP contribution >= 0.6 is 23.4 Å². The van der Waals surface area contributed by atoms with Crippen molar-refractivity contribution in [3.05, 3.63) is 58.6 Å². The Balaban J connectivity index is 1.72. The fourth-order valence-corrected chi connectivity index (χ4v) is 3.95. The summed E-state index contributed by atoms with van der Waals surface area (Å²) in [4.78, 5) is 41.5. The van der Waals surface area contributed by atoms with Gasteiger partial charge in [0.15, 0.2) is 5.17 Å². The van der Waals surface area contributed by atoms with Gasteiger partial charge in [0, 0.05) is 24.2 Å².